The summed E-state index contributed by atoms with van der Waals surface area (Å²) in [5, 5.41) is 0.890. The number of hydrogen-bond acceptors (Lipinski definition) is 2. The maximum atomic E-state index is 12.8. The first-order chi connectivity index (χ1) is 10.9. The standard InChI is InChI=1S/C15H10F3N3O2/c16-15(17,18)9-2-1-3-11(7-9)21-13(22)12-8-4-5-10(6-8)20(12)14(23)19-21/h1-5,7,12H,6H2,(H,19,23). The SMILES string of the molecule is O=C1C2C3=CC=C(C3)N2C(=O)NN1c1cccc(C(F)(F)F)c1. The number of carbonyl (C=O) groups is 2. The van der Waals surface area contributed by atoms with E-state index in [9.17, 15) is 22.8 Å². The molecule has 1 unspecified atom stereocenters. The second-order valence-corrected chi connectivity index (χ2v) is 5.49. The van der Waals surface area contributed by atoms with Gasteiger partial charge in [0.2, 0.25) is 0 Å². The van der Waals surface area contributed by atoms with Gasteiger partial charge in [-0.2, -0.15) is 13.2 Å². The Morgan fingerprint density at radius 3 is 2.70 bits per heavy atom. The van der Waals surface area contributed by atoms with Gasteiger partial charge in [0.05, 0.1) is 11.3 Å². The number of hydrogen-bond donors (Lipinski definition) is 1. The molecule has 5 nitrogen and oxygen atoms in total. The molecule has 3 aliphatic rings. The molecular formula is C15H10F3N3O2. The minimum absolute atomic E-state index is 0.0184. The van der Waals surface area contributed by atoms with Gasteiger partial charge in [0, 0.05) is 12.1 Å². The molecule has 1 aromatic carbocycles. The van der Waals surface area contributed by atoms with Crippen LogP contribution in [0.15, 0.2) is 47.7 Å². The molecule has 2 heterocycles. The van der Waals surface area contributed by atoms with E-state index in [-0.39, 0.29) is 5.69 Å². The lowest BCUT2D eigenvalue weighted by Gasteiger charge is -2.38. The zero-order valence-corrected chi connectivity index (χ0v) is 11.6. The largest absolute Gasteiger partial charge is 0.416 e. The Morgan fingerprint density at radius 1 is 1.17 bits per heavy atom. The van der Waals surface area contributed by atoms with Crippen LogP contribution < -0.4 is 10.4 Å². The first-order valence-corrected chi connectivity index (χ1v) is 6.87. The molecule has 1 aliphatic carbocycles. The number of benzene rings is 1. The van der Waals surface area contributed by atoms with Gasteiger partial charge in [-0.15, -0.1) is 0 Å². The topological polar surface area (TPSA) is 52.7 Å². The van der Waals surface area contributed by atoms with E-state index in [1.807, 2.05) is 0 Å². The lowest BCUT2D eigenvalue weighted by atomic mass is 10.1. The molecule has 2 bridgehead atoms. The molecular weight excluding hydrogens is 311 g/mol. The number of alkyl halides is 3. The van der Waals surface area contributed by atoms with Crippen LogP contribution in [0.5, 0.6) is 0 Å². The molecule has 0 aromatic heterocycles. The van der Waals surface area contributed by atoms with E-state index in [4.69, 9.17) is 0 Å². The van der Waals surface area contributed by atoms with Crippen molar-refractivity contribution in [3.8, 4) is 0 Å². The molecule has 4 rings (SSSR count). The highest BCUT2D eigenvalue weighted by Crippen LogP contribution is 2.40. The monoisotopic (exact) mass is 321 g/mol. The predicted octanol–water partition coefficient (Wildman–Crippen LogP) is 2.57. The first kappa shape index (κ1) is 13.9. The number of carbonyl (C=O) groups excluding carboxylic acids is 2. The summed E-state index contributed by atoms with van der Waals surface area (Å²) < 4.78 is 38.5. The summed E-state index contributed by atoms with van der Waals surface area (Å²) in [5.74, 6) is -0.474. The molecule has 2 saturated heterocycles. The van der Waals surface area contributed by atoms with Gasteiger partial charge in [-0.1, -0.05) is 12.1 Å². The smallest absolute Gasteiger partial charge is 0.280 e. The quantitative estimate of drug-likeness (QED) is 0.864. The number of fused-ring (bicyclic) bond motifs is 5. The van der Waals surface area contributed by atoms with Crippen LogP contribution in [0.25, 0.3) is 0 Å². The molecule has 0 saturated carbocycles. The Morgan fingerprint density at radius 2 is 1.96 bits per heavy atom. The second kappa shape index (κ2) is 4.37. The van der Waals surface area contributed by atoms with Crippen LogP contribution in [-0.2, 0) is 11.0 Å². The van der Waals surface area contributed by atoms with Crippen molar-refractivity contribution in [1.29, 1.82) is 0 Å². The van der Waals surface area contributed by atoms with Crippen molar-refractivity contribution in [3.63, 3.8) is 0 Å². The van der Waals surface area contributed by atoms with E-state index >= 15 is 0 Å². The maximum Gasteiger partial charge on any atom is 0.416 e. The third-order valence-corrected chi connectivity index (χ3v) is 4.11. The molecule has 1 aromatic rings. The number of amides is 3. The van der Waals surface area contributed by atoms with Gasteiger partial charge >= 0.3 is 12.2 Å². The van der Waals surface area contributed by atoms with Crippen molar-refractivity contribution in [2.24, 2.45) is 0 Å². The molecule has 0 spiro atoms. The van der Waals surface area contributed by atoms with Crippen molar-refractivity contribution < 1.29 is 22.8 Å². The minimum atomic E-state index is -4.52. The summed E-state index contributed by atoms with van der Waals surface area (Å²) in [6.45, 7) is 0. The van der Waals surface area contributed by atoms with Crippen LogP contribution in [0.4, 0.5) is 23.7 Å². The molecule has 118 valence electrons. The fourth-order valence-electron chi connectivity index (χ4n) is 3.07. The Labute approximate surface area is 128 Å². The van der Waals surface area contributed by atoms with Gasteiger partial charge < -0.3 is 0 Å². The molecule has 0 radical (unpaired) electrons. The molecule has 2 fully saturated rings. The summed E-state index contributed by atoms with van der Waals surface area (Å²) in [6, 6.07) is 3.02. The van der Waals surface area contributed by atoms with Gasteiger partial charge in [-0.25, -0.2) is 15.2 Å². The van der Waals surface area contributed by atoms with Crippen LogP contribution >= 0.6 is 0 Å². The maximum absolute atomic E-state index is 12.8. The zero-order chi connectivity index (χ0) is 16.4. The van der Waals surface area contributed by atoms with E-state index in [2.05, 4.69) is 5.43 Å². The van der Waals surface area contributed by atoms with Crippen molar-refractivity contribution in [1.82, 2.24) is 10.3 Å². The van der Waals surface area contributed by atoms with Gasteiger partial charge in [0.25, 0.3) is 5.91 Å². The summed E-state index contributed by atoms with van der Waals surface area (Å²) in [7, 11) is 0. The molecule has 1 atom stereocenters. The number of rotatable bonds is 1. The van der Waals surface area contributed by atoms with Crippen LogP contribution in [0.3, 0.4) is 0 Å². The number of allylic oxidation sites excluding steroid dienone is 3. The van der Waals surface area contributed by atoms with Gasteiger partial charge in [0.1, 0.15) is 6.04 Å². The average Bonchev–Trinajstić information content (AvgIpc) is 3.11. The number of nitrogens with zero attached hydrogens (tertiary/aromatic N) is 2. The predicted molar refractivity (Wildman–Crippen MR) is 73.9 cm³/mol. The third kappa shape index (κ3) is 1.94. The lowest BCUT2D eigenvalue weighted by molar-refractivity contribution is -0.137. The fourth-order valence-corrected chi connectivity index (χ4v) is 3.07. The molecule has 3 amide bonds. The number of urea groups is 1. The van der Waals surface area contributed by atoms with Crippen molar-refractivity contribution >= 4 is 17.6 Å². The number of anilines is 1. The Hall–Kier alpha value is -2.77. The van der Waals surface area contributed by atoms with E-state index in [0.29, 0.717) is 6.42 Å². The van der Waals surface area contributed by atoms with Gasteiger partial charge in [-0.05, 0) is 29.8 Å². The highest BCUT2D eigenvalue weighted by atomic mass is 19.4. The van der Waals surface area contributed by atoms with Crippen molar-refractivity contribution in [2.45, 2.75) is 18.6 Å². The summed E-state index contributed by atoms with van der Waals surface area (Å²) >= 11 is 0. The van der Waals surface area contributed by atoms with Crippen molar-refractivity contribution in [2.75, 3.05) is 5.01 Å². The highest BCUT2D eigenvalue weighted by molar-refractivity contribution is 6.07. The molecule has 8 heteroatoms. The van der Waals surface area contributed by atoms with Gasteiger partial charge in [-0.3, -0.25) is 9.69 Å². The van der Waals surface area contributed by atoms with Gasteiger partial charge in [0.15, 0.2) is 0 Å². The van der Waals surface area contributed by atoms with Crippen LogP contribution in [0.2, 0.25) is 0 Å². The second-order valence-electron chi connectivity index (χ2n) is 5.49. The number of halogens is 3. The lowest BCUT2D eigenvalue weighted by Crippen LogP contribution is -2.64. The summed E-state index contributed by atoms with van der Waals surface area (Å²) in [6.07, 6.45) is -0.471. The van der Waals surface area contributed by atoms with Crippen LogP contribution in [-0.4, -0.2) is 22.9 Å². The zero-order valence-electron chi connectivity index (χ0n) is 11.6. The normalized spacial score (nSPS) is 22.8. The van der Waals surface area contributed by atoms with Crippen LogP contribution in [0, 0.1) is 0 Å². The molecule has 2 aliphatic heterocycles. The minimum Gasteiger partial charge on any atom is -0.280 e. The molecule has 23 heavy (non-hydrogen) atoms. The third-order valence-electron chi connectivity index (χ3n) is 4.11. The number of nitrogens with one attached hydrogen (secondary N) is 1. The van der Waals surface area contributed by atoms with E-state index in [1.165, 1.54) is 17.0 Å². The Bertz CT molecular complexity index is 797. The Kier molecular flexibility index (Phi) is 2.64. The fraction of sp³-hybridized carbons (Fsp3) is 0.200. The van der Waals surface area contributed by atoms with E-state index in [0.717, 1.165) is 28.4 Å². The van der Waals surface area contributed by atoms with Crippen molar-refractivity contribution in [3.05, 3.63) is 53.3 Å². The first-order valence-electron chi connectivity index (χ1n) is 6.87. The summed E-state index contributed by atoms with van der Waals surface area (Å²) in [4.78, 5) is 26.2. The van der Waals surface area contributed by atoms with E-state index < -0.39 is 29.7 Å². The molecule has 1 N–H and O–H groups in total. The van der Waals surface area contributed by atoms with E-state index in [1.54, 1.807) is 12.2 Å². The highest BCUT2D eigenvalue weighted by Gasteiger charge is 2.49. The average molecular weight is 321 g/mol. The summed E-state index contributed by atoms with van der Waals surface area (Å²) in [5.41, 5.74) is 2.95. The van der Waals surface area contributed by atoms with Crippen LogP contribution in [0.1, 0.15) is 12.0 Å². The number of hydrazine groups is 1. The Balaban J connectivity index is 1.71.